The highest BCUT2D eigenvalue weighted by Gasteiger charge is 2.32. The Kier molecular flexibility index (Phi) is 5.87. The molecule has 0 radical (unpaired) electrons. The van der Waals surface area contributed by atoms with Gasteiger partial charge in [-0.25, -0.2) is 9.67 Å². The number of halogens is 3. The van der Waals surface area contributed by atoms with E-state index in [9.17, 15) is 18.0 Å². The third-order valence-electron chi connectivity index (χ3n) is 4.85. The van der Waals surface area contributed by atoms with Gasteiger partial charge in [-0.15, -0.1) is 11.3 Å². The average molecular weight is 435 g/mol. The molecule has 4 rings (SSSR count). The third-order valence-corrected chi connectivity index (χ3v) is 5.74. The molecule has 2 aromatic heterocycles. The van der Waals surface area contributed by atoms with Crippen molar-refractivity contribution in [3.05, 3.63) is 53.8 Å². The Morgan fingerprint density at radius 3 is 2.67 bits per heavy atom. The van der Waals surface area contributed by atoms with Gasteiger partial charge in [0.2, 0.25) is 0 Å². The zero-order chi connectivity index (χ0) is 21.1. The lowest BCUT2D eigenvalue weighted by molar-refractivity contribution is -0.145. The van der Waals surface area contributed by atoms with Crippen molar-refractivity contribution in [3.8, 4) is 16.3 Å². The first-order valence-corrected chi connectivity index (χ1v) is 10.4. The smallest absolute Gasteiger partial charge is 0.336 e. The van der Waals surface area contributed by atoms with E-state index in [-0.39, 0.29) is 19.0 Å². The van der Waals surface area contributed by atoms with E-state index in [1.807, 2.05) is 36.5 Å². The number of thiazole rings is 1. The van der Waals surface area contributed by atoms with Crippen molar-refractivity contribution in [3.63, 3.8) is 0 Å². The van der Waals surface area contributed by atoms with Gasteiger partial charge in [0.15, 0.2) is 0 Å². The first kappa shape index (κ1) is 20.5. The lowest BCUT2D eigenvalue weighted by atomic mass is 10.3. The maximum Gasteiger partial charge on any atom is 0.401 e. The maximum absolute atomic E-state index is 12.8. The Balaban J connectivity index is 1.43. The van der Waals surface area contributed by atoms with E-state index in [1.54, 1.807) is 21.2 Å². The number of amides is 1. The van der Waals surface area contributed by atoms with E-state index < -0.39 is 12.7 Å². The topological polar surface area (TPSA) is 54.3 Å². The molecule has 1 fully saturated rings. The van der Waals surface area contributed by atoms with Crippen LogP contribution in [0.2, 0.25) is 0 Å². The molecule has 0 unspecified atom stereocenters. The molecule has 1 saturated heterocycles. The fraction of sp³-hybridized carbons (Fsp3) is 0.350. The number of benzene rings is 1. The summed E-state index contributed by atoms with van der Waals surface area (Å²) in [6.07, 6.45) is -0.180. The summed E-state index contributed by atoms with van der Waals surface area (Å²) < 4.78 is 39.6. The van der Waals surface area contributed by atoms with Crippen LogP contribution in [0, 0.1) is 0 Å². The molecule has 158 valence electrons. The van der Waals surface area contributed by atoms with Crippen LogP contribution < -0.4 is 0 Å². The number of aromatic nitrogens is 3. The van der Waals surface area contributed by atoms with Crippen molar-refractivity contribution in [2.24, 2.45) is 0 Å². The predicted molar refractivity (Wildman–Crippen MR) is 108 cm³/mol. The number of rotatable bonds is 4. The number of carbonyl (C=O) groups excluding carboxylic acids is 1. The Morgan fingerprint density at radius 1 is 1.10 bits per heavy atom. The number of nitrogens with zero attached hydrogens (tertiary/aromatic N) is 5. The second kappa shape index (κ2) is 8.57. The summed E-state index contributed by atoms with van der Waals surface area (Å²) >= 11 is 1.35. The average Bonchev–Trinajstić information content (AvgIpc) is 3.34. The number of hydrogen-bond acceptors (Lipinski definition) is 5. The summed E-state index contributed by atoms with van der Waals surface area (Å²) in [6, 6.07) is 9.66. The van der Waals surface area contributed by atoms with Crippen molar-refractivity contribution >= 4 is 17.2 Å². The summed E-state index contributed by atoms with van der Waals surface area (Å²) in [5, 5.41) is 6.71. The van der Waals surface area contributed by atoms with E-state index in [0.717, 1.165) is 11.3 Å². The fourth-order valence-corrected chi connectivity index (χ4v) is 4.18. The Hall–Kier alpha value is -2.72. The molecule has 1 aromatic carbocycles. The Labute approximate surface area is 175 Å². The highest BCUT2D eigenvalue weighted by Crippen LogP contribution is 2.25. The van der Waals surface area contributed by atoms with Gasteiger partial charge in [0.1, 0.15) is 10.7 Å². The molecule has 10 heteroatoms. The number of hydrogen-bond donors (Lipinski definition) is 0. The Bertz CT molecular complexity index is 1000. The van der Waals surface area contributed by atoms with Gasteiger partial charge in [0.25, 0.3) is 5.91 Å². The molecular weight excluding hydrogens is 415 g/mol. The van der Waals surface area contributed by atoms with Crippen LogP contribution in [0.5, 0.6) is 0 Å². The molecule has 30 heavy (non-hydrogen) atoms. The standard InChI is InChI=1S/C20H20F3N5OS/c21-20(22,23)14-26-7-4-8-27(10-9-26)19(29)17-13-30-18(25-17)15-11-24-28(12-15)16-5-2-1-3-6-16/h1-3,5-6,11-13H,4,7-10,14H2. The van der Waals surface area contributed by atoms with E-state index in [2.05, 4.69) is 10.1 Å². The molecule has 1 aliphatic heterocycles. The SMILES string of the molecule is O=C(c1csc(-c2cnn(-c3ccccc3)c2)n1)N1CCCN(CC(F)(F)F)CC1. The van der Waals surface area contributed by atoms with Gasteiger partial charge in [-0.1, -0.05) is 18.2 Å². The van der Waals surface area contributed by atoms with E-state index in [0.29, 0.717) is 30.2 Å². The molecular formula is C20H20F3N5OS. The van der Waals surface area contributed by atoms with Crippen LogP contribution in [0.3, 0.4) is 0 Å². The minimum Gasteiger partial charge on any atom is -0.336 e. The summed E-state index contributed by atoms with van der Waals surface area (Å²) in [5.41, 5.74) is 2.03. The Morgan fingerprint density at radius 2 is 1.90 bits per heavy atom. The van der Waals surface area contributed by atoms with E-state index >= 15 is 0 Å². The second-order valence-electron chi connectivity index (χ2n) is 7.08. The third kappa shape index (κ3) is 4.88. The largest absolute Gasteiger partial charge is 0.401 e. The number of carbonyl (C=O) groups is 1. The van der Waals surface area contributed by atoms with E-state index in [1.165, 1.54) is 16.2 Å². The summed E-state index contributed by atoms with van der Waals surface area (Å²) in [4.78, 5) is 20.2. The molecule has 3 aromatic rings. The van der Waals surface area contributed by atoms with Crippen LogP contribution in [0.4, 0.5) is 13.2 Å². The van der Waals surface area contributed by atoms with Crippen LogP contribution in [0.25, 0.3) is 16.3 Å². The fourth-order valence-electron chi connectivity index (χ4n) is 3.41. The molecule has 3 heterocycles. The lowest BCUT2D eigenvalue weighted by Crippen LogP contribution is -2.38. The van der Waals surface area contributed by atoms with Crippen molar-refractivity contribution in [2.75, 3.05) is 32.7 Å². The summed E-state index contributed by atoms with van der Waals surface area (Å²) in [7, 11) is 0. The first-order chi connectivity index (χ1) is 14.4. The molecule has 1 amide bonds. The minimum absolute atomic E-state index is 0.200. The van der Waals surface area contributed by atoms with Crippen molar-refractivity contribution in [1.29, 1.82) is 0 Å². The number of alkyl halides is 3. The van der Waals surface area contributed by atoms with Gasteiger partial charge < -0.3 is 4.90 Å². The molecule has 0 atom stereocenters. The van der Waals surface area contributed by atoms with Gasteiger partial charge >= 0.3 is 6.18 Å². The molecule has 1 aliphatic rings. The predicted octanol–water partition coefficient (Wildman–Crippen LogP) is 3.71. The molecule has 0 N–H and O–H groups in total. The number of para-hydroxylation sites is 1. The van der Waals surface area contributed by atoms with Crippen LogP contribution in [-0.4, -0.2) is 69.4 Å². The molecule has 0 spiro atoms. The van der Waals surface area contributed by atoms with E-state index in [4.69, 9.17) is 0 Å². The van der Waals surface area contributed by atoms with Crippen LogP contribution in [-0.2, 0) is 0 Å². The van der Waals surface area contributed by atoms with Crippen LogP contribution >= 0.6 is 11.3 Å². The minimum atomic E-state index is -4.23. The van der Waals surface area contributed by atoms with Crippen LogP contribution in [0.15, 0.2) is 48.1 Å². The normalized spacial score (nSPS) is 15.9. The molecule has 6 nitrogen and oxygen atoms in total. The van der Waals surface area contributed by atoms with Crippen molar-refractivity contribution in [1.82, 2.24) is 24.6 Å². The van der Waals surface area contributed by atoms with Gasteiger partial charge in [-0.3, -0.25) is 9.69 Å². The maximum atomic E-state index is 12.8. The highest BCUT2D eigenvalue weighted by molar-refractivity contribution is 7.13. The zero-order valence-corrected chi connectivity index (χ0v) is 16.9. The van der Waals surface area contributed by atoms with Crippen molar-refractivity contribution in [2.45, 2.75) is 12.6 Å². The lowest BCUT2D eigenvalue weighted by Gasteiger charge is -2.22. The van der Waals surface area contributed by atoms with Crippen molar-refractivity contribution < 1.29 is 18.0 Å². The first-order valence-electron chi connectivity index (χ1n) is 9.53. The van der Waals surface area contributed by atoms with Gasteiger partial charge in [0, 0.05) is 43.3 Å². The van der Waals surface area contributed by atoms with Gasteiger partial charge in [0.05, 0.1) is 18.4 Å². The molecule has 0 aliphatic carbocycles. The van der Waals surface area contributed by atoms with Gasteiger partial charge in [-0.05, 0) is 18.6 Å². The van der Waals surface area contributed by atoms with Gasteiger partial charge in [-0.2, -0.15) is 18.3 Å². The summed E-state index contributed by atoms with van der Waals surface area (Å²) in [6.45, 7) is 0.261. The zero-order valence-electron chi connectivity index (χ0n) is 16.0. The quantitative estimate of drug-likeness (QED) is 0.627. The van der Waals surface area contributed by atoms with Crippen LogP contribution in [0.1, 0.15) is 16.9 Å². The monoisotopic (exact) mass is 435 g/mol. The highest BCUT2D eigenvalue weighted by atomic mass is 32.1. The molecule has 0 bridgehead atoms. The summed E-state index contributed by atoms with van der Waals surface area (Å²) in [5.74, 6) is -0.248. The second-order valence-corrected chi connectivity index (χ2v) is 7.94. The molecule has 0 saturated carbocycles.